The van der Waals surface area contributed by atoms with Gasteiger partial charge in [-0.3, -0.25) is 14.4 Å². The molecule has 0 spiro atoms. The van der Waals surface area contributed by atoms with Crippen molar-refractivity contribution in [2.45, 2.75) is 20.0 Å². The number of aryl methyl sites for hydroxylation is 1. The lowest BCUT2D eigenvalue weighted by Gasteiger charge is -2.34. The van der Waals surface area contributed by atoms with Gasteiger partial charge < -0.3 is 4.90 Å². The van der Waals surface area contributed by atoms with Crippen LogP contribution in [-0.4, -0.2) is 51.7 Å². The van der Waals surface area contributed by atoms with Crippen LogP contribution in [0.1, 0.15) is 11.1 Å². The van der Waals surface area contributed by atoms with Gasteiger partial charge in [0.05, 0.1) is 6.20 Å². The number of carbonyl (C=O) groups excluding carboxylic acids is 1. The molecular weight excluding hydrogens is 312 g/mol. The standard InChI is InChI=1S/C17H21ClN4O/c1-14-10-19-22(11-14)13-17(23)21-8-6-20(7-9-21)12-15-2-4-16(18)5-3-15/h2-5,10-11H,6-9,12-13H2,1H3. The molecular formula is C17H21ClN4O. The molecule has 1 fully saturated rings. The van der Waals surface area contributed by atoms with Gasteiger partial charge in [-0.1, -0.05) is 23.7 Å². The van der Waals surface area contributed by atoms with Gasteiger partial charge in [0, 0.05) is 43.9 Å². The summed E-state index contributed by atoms with van der Waals surface area (Å²) in [4.78, 5) is 16.6. The van der Waals surface area contributed by atoms with Gasteiger partial charge in [-0.25, -0.2) is 0 Å². The maximum atomic E-state index is 12.3. The summed E-state index contributed by atoms with van der Waals surface area (Å²) in [6.45, 7) is 6.53. The molecule has 6 heteroatoms. The van der Waals surface area contributed by atoms with Gasteiger partial charge in [0.15, 0.2) is 0 Å². The quantitative estimate of drug-likeness (QED) is 0.862. The van der Waals surface area contributed by atoms with E-state index in [-0.39, 0.29) is 5.91 Å². The number of piperazine rings is 1. The Bertz CT molecular complexity index is 659. The van der Waals surface area contributed by atoms with Crippen LogP contribution in [0.15, 0.2) is 36.7 Å². The monoisotopic (exact) mass is 332 g/mol. The number of nitrogens with zero attached hydrogens (tertiary/aromatic N) is 4. The zero-order chi connectivity index (χ0) is 16.2. The summed E-state index contributed by atoms with van der Waals surface area (Å²) in [6.07, 6.45) is 3.67. The van der Waals surface area contributed by atoms with Crippen molar-refractivity contribution < 1.29 is 4.79 Å². The van der Waals surface area contributed by atoms with Gasteiger partial charge >= 0.3 is 0 Å². The van der Waals surface area contributed by atoms with Gasteiger partial charge in [-0.2, -0.15) is 5.10 Å². The van der Waals surface area contributed by atoms with E-state index in [1.54, 1.807) is 10.9 Å². The van der Waals surface area contributed by atoms with E-state index in [4.69, 9.17) is 11.6 Å². The number of halogens is 1. The van der Waals surface area contributed by atoms with E-state index < -0.39 is 0 Å². The highest BCUT2D eigenvalue weighted by molar-refractivity contribution is 6.30. The SMILES string of the molecule is Cc1cnn(CC(=O)N2CCN(Cc3ccc(Cl)cc3)CC2)c1. The molecule has 0 saturated carbocycles. The third-order valence-corrected chi connectivity index (χ3v) is 4.36. The lowest BCUT2D eigenvalue weighted by molar-refractivity contribution is -0.133. The molecule has 0 unspecified atom stereocenters. The van der Waals surface area contributed by atoms with Gasteiger partial charge in [-0.05, 0) is 30.2 Å². The van der Waals surface area contributed by atoms with Crippen molar-refractivity contribution in [1.82, 2.24) is 19.6 Å². The second kappa shape index (κ2) is 7.15. The minimum absolute atomic E-state index is 0.138. The molecule has 3 rings (SSSR count). The fraction of sp³-hybridized carbons (Fsp3) is 0.412. The van der Waals surface area contributed by atoms with Crippen molar-refractivity contribution in [2.24, 2.45) is 0 Å². The fourth-order valence-corrected chi connectivity index (χ4v) is 2.92. The molecule has 2 heterocycles. The smallest absolute Gasteiger partial charge is 0.244 e. The van der Waals surface area contributed by atoms with Gasteiger partial charge in [0.25, 0.3) is 0 Å². The van der Waals surface area contributed by atoms with Crippen LogP contribution in [0.3, 0.4) is 0 Å². The van der Waals surface area contributed by atoms with E-state index in [9.17, 15) is 4.79 Å². The average Bonchev–Trinajstić information content (AvgIpc) is 2.95. The Morgan fingerprint density at radius 3 is 2.48 bits per heavy atom. The minimum atomic E-state index is 0.138. The lowest BCUT2D eigenvalue weighted by atomic mass is 10.2. The first-order valence-electron chi connectivity index (χ1n) is 7.84. The molecule has 0 N–H and O–H groups in total. The zero-order valence-corrected chi connectivity index (χ0v) is 14.0. The lowest BCUT2D eigenvalue weighted by Crippen LogP contribution is -2.49. The van der Waals surface area contributed by atoms with Crippen LogP contribution >= 0.6 is 11.6 Å². The molecule has 1 aliphatic heterocycles. The molecule has 1 aromatic heterocycles. The van der Waals surface area contributed by atoms with E-state index in [1.165, 1.54) is 5.56 Å². The van der Waals surface area contributed by atoms with Crippen molar-refractivity contribution in [3.63, 3.8) is 0 Å². The Hall–Kier alpha value is -1.85. The van der Waals surface area contributed by atoms with E-state index >= 15 is 0 Å². The predicted molar refractivity (Wildman–Crippen MR) is 90.3 cm³/mol. The van der Waals surface area contributed by atoms with Crippen molar-refractivity contribution in [1.29, 1.82) is 0 Å². The third-order valence-electron chi connectivity index (χ3n) is 4.10. The summed E-state index contributed by atoms with van der Waals surface area (Å²) in [5, 5.41) is 4.94. The van der Waals surface area contributed by atoms with E-state index in [1.807, 2.05) is 30.2 Å². The van der Waals surface area contributed by atoms with Gasteiger partial charge in [0.2, 0.25) is 5.91 Å². The second-order valence-electron chi connectivity index (χ2n) is 6.00. The Balaban J connectivity index is 1.48. The molecule has 1 aliphatic rings. The van der Waals surface area contributed by atoms with Crippen molar-refractivity contribution in [2.75, 3.05) is 26.2 Å². The van der Waals surface area contributed by atoms with Crippen LogP contribution in [0, 0.1) is 6.92 Å². The Morgan fingerprint density at radius 1 is 1.17 bits per heavy atom. The molecule has 5 nitrogen and oxygen atoms in total. The number of hydrogen-bond acceptors (Lipinski definition) is 3. The highest BCUT2D eigenvalue weighted by atomic mass is 35.5. The fourth-order valence-electron chi connectivity index (χ4n) is 2.80. The maximum absolute atomic E-state index is 12.3. The summed E-state index contributed by atoms with van der Waals surface area (Å²) in [5.41, 5.74) is 2.33. The highest BCUT2D eigenvalue weighted by Crippen LogP contribution is 2.13. The summed E-state index contributed by atoms with van der Waals surface area (Å²) >= 11 is 5.91. The number of aromatic nitrogens is 2. The van der Waals surface area contributed by atoms with Crippen molar-refractivity contribution in [3.05, 3.63) is 52.8 Å². The minimum Gasteiger partial charge on any atom is -0.339 e. The Kier molecular flexibility index (Phi) is 4.98. The maximum Gasteiger partial charge on any atom is 0.244 e. The summed E-state index contributed by atoms with van der Waals surface area (Å²) in [6, 6.07) is 7.95. The number of rotatable bonds is 4. The number of carbonyl (C=O) groups is 1. The molecule has 1 aromatic carbocycles. The van der Waals surface area contributed by atoms with Crippen LogP contribution < -0.4 is 0 Å². The largest absolute Gasteiger partial charge is 0.339 e. The number of hydrogen-bond donors (Lipinski definition) is 0. The summed E-state index contributed by atoms with van der Waals surface area (Å²) in [7, 11) is 0. The van der Waals surface area contributed by atoms with Gasteiger partial charge in [-0.15, -0.1) is 0 Å². The molecule has 0 atom stereocenters. The number of benzene rings is 1. The van der Waals surface area contributed by atoms with Crippen LogP contribution in [0.5, 0.6) is 0 Å². The number of amides is 1. The van der Waals surface area contributed by atoms with Crippen molar-refractivity contribution >= 4 is 17.5 Å². The molecule has 2 aromatic rings. The van der Waals surface area contributed by atoms with Crippen molar-refractivity contribution in [3.8, 4) is 0 Å². The summed E-state index contributed by atoms with van der Waals surface area (Å²) in [5.74, 6) is 0.138. The molecule has 1 saturated heterocycles. The first kappa shape index (κ1) is 16.0. The van der Waals surface area contributed by atoms with E-state index in [2.05, 4.69) is 22.1 Å². The molecule has 1 amide bonds. The molecule has 0 bridgehead atoms. The van der Waals surface area contributed by atoms with E-state index in [0.717, 1.165) is 43.3 Å². The molecule has 0 aliphatic carbocycles. The zero-order valence-electron chi connectivity index (χ0n) is 13.3. The van der Waals surface area contributed by atoms with Gasteiger partial charge in [0.1, 0.15) is 6.54 Å². The summed E-state index contributed by atoms with van der Waals surface area (Å²) < 4.78 is 1.71. The van der Waals surface area contributed by atoms with Crippen LogP contribution in [0.2, 0.25) is 5.02 Å². The topological polar surface area (TPSA) is 41.4 Å². The molecule has 0 radical (unpaired) electrons. The normalized spacial score (nSPS) is 15.8. The van der Waals surface area contributed by atoms with E-state index in [0.29, 0.717) is 6.54 Å². The Labute approximate surface area is 141 Å². The third kappa shape index (κ3) is 4.33. The van der Waals surface area contributed by atoms with Crippen LogP contribution in [0.25, 0.3) is 0 Å². The first-order chi connectivity index (χ1) is 11.1. The highest BCUT2D eigenvalue weighted by Gasteiger charge is 2.21. The second-order valence-corrected chi connectivity index (χ2v) is 6.44. The average molecular weight is 333 g/mol. The molecule has 23 heavy (non-hydrogen) atoms. The van der Waals surface area contributed by atoms with Crippen LogP contribution in [0.4, 0.5) is 0 Å². The Morgan fingerprint density at radius 2 is 1.87 bits per heavy atom. The first-order valence-corrected chi connectivity index (χ1v) is 8.21. The predicted octanol–water partition coefficient (Wildman–Crippen LogP) is 2.19. The molecule has 122 valence electrons. The van der Waals surface area contributed by atoms with Crippen LogP contribution in [-0.2, 0) is 17.9 Å².